The fourth-order valence-electron chi connectivity index (χ4n) is 3.65. The number of carbonyl (C=O) groups is 2. The van der Waals surface area contributed by atoms with E-state index in [4.69, 9.17) is 4.42 Å². The zero-order valence-electron chi connectivity index (χ0n) is 17.6. The number of hydrogen-bond acceptors (Lipinski definition) is 3. The fraction of sp³-hybridized carbons (Fsp3) is 0.304. The molecule has 0 aliphatic carbocycles. The van der Waals surface area contributed by atoms with E-state index in [0.29, 0.717) is 12.1 Å². The number of anilines is 1. The summed E-state index contributed by atoms with van der Waals surface area (Å²) in [4.78, 5) is 25.0. The van der Waals surface area contributed by atoms with E-state index >= 15 is 0 Å². The summed E-state index contributed by atoms with van der Waals surface area (Å²) in [6, 6.07) is 9.62. The molecule has 29 heavy (non-hydrogen) atoms. The molecule has 2 aromatic heterocycles. The van der Waals surface area contributed by atoms with Crippen molar-refractivity contribution in [3.8, 4) is 0 Å². The van der Waals surface area contributed by atoms with Crippen LogP contribution in [-0.4, -0.2) is 22.9 Å². The van der Waals surface area contributed by atoms with Gasteiger partial charge in [-0.1, -0.05) is 17.7 Å². The highest BCUT2D eigenvalue weighted by atomic mass is 16.3. The number of benzene rings is 1. The minimum Gasteiger partial charge on any atom is -0.467 e. The topological polar surface area (TPSA) is 76.3 Å². The number of furan rings is 1. The highest BCUT2D eigenvalue weighted by Gasteiger charge is 2.17. The third-order valence-corrected chi connectivity index (χ3v) is 5.06. The number of nitrogens with zero attached hydrogens (tertiary/aromatic N) is 1. The molecule has 0 saturated carbocycles. The molecule has 6 heteroatoms. The third-order valence-electron chi connectivity index (χ3n) is 5.06. The van der Waals surface area contributed by atoms with Gasteiger partial charge in [0, 0.05) is 17.1 Å². The first-order valence-corrected chi connectivity index (χ1v) is 9.61. The average molecular weight is 393 g/mol. The monoisotopic (exact) mass is 393 g/mol. The molecule has 3 aromatic rings. The summed E-state index contributed by atoms with van der Waals surface area (Å²) in [6.45, 7) is 10.3. The molecule has 6 nitrogen and oxygen atoms in total. The van der Waals surface area contributed by atoms with Crippen LogP contribution < -0.4 is 10.6 Å². The van der Waals surface area contributed by atoms with E-state index < -0.39 is 0 Å². The Balaban J connectivity index is 1.64. The van der Waals surface area contributed by atoms with Crippen molar-refractivity contribution in [2.75, 3.05) is 11.9 Å². The third kappa shape index (κ3) is 4.59. The van der Waals surface area contributed by atoms with Crippen molar-refractivity contribution >= 4 is 17.5 Å². The molecule has 3 rings (SSSR count). The second kappa shape index (κ2) is 8.39. The quantitative estimate of drug-likeness (QED) is 0.664. The first-order chi connectivity index (χ1) is 13.8. The maximum Gasteiger partial charge on any atom is 0.253 e. The zero-order valence-corrected chi connectivity index (χ0v) is 17.6. The molecule has 152 valence electrons. The number of aryl methyl sites for hydroxylation is 4. The van der Waals surface area contributed by atoms with Crippen LogP contribution in [-0.2, 0) is 11.3 Å². The number of hydrogen-bond donors (Lipinski definition) is 2. The van der Waals surface area contributed by atoms with Gasteiger partial charge in [0.1, 0.15) is 5.76 Å². The average Bonchev–Trinajstić information content (AvgIpc) is 3.26. The maximum absolute atomic E-state index is 12.6. The summed E-state index contributed by atoms with van der Waals surface area (Å²) in [7, 11) is 0. The van der Waals surface area contributed by atoms with Gasteiger partial charge < -0.3 is 19.6 Å². The molecule has 0 aliphatic heterocycles. The normalized spacial score (nSPS) is 10.8. The summed E-state index contributed by atoms with van der Waals surface area (Å²) in [5.74, 6) is 0.302. The van der Waals surface area contributed by atoms with Gasteiger partial charge in [0.2, 0.25) is 5.91 Å². The van der Waals surface area contributed by atoms with Crippen LogP contribution in [0.15, 0.2) is 41.0 Å². The van der Waals surface area contributed by atoms with Gasteiger partial charge in [0.15, 0.2) is 0 Å². The van der Waals surface area contributed by atoms with Gasteiger partial charge in [0.05, 0.1) is 24.9 Å². The Hall–Kier alpha value is -3.28. The molecular weight excluding hydrogens is 366 g/mol. The van der Waals surface area contributed by atoms with Gasteiger partial charge in [-0.3, -0.25) is 9.59 Å². The minimum absolute atomic E-state index is 0.0898. The summed E-state index contributed by atoms with van der Waals surface area (Å²) in [5, 5.41) is 5.62. The van der Waals surface area contributed by atoms with E-state index in [1.807, 2.05) is 69.5 Å². The Morgan fingerprint density at radius 1 is 1.03 bits per heavy atom. The molecular formula is C23H27N3O3. The predicted octanol–water partition coefficient (Wildman–Crippen LogP) is 4.04. The number of carbonyl (C=O) groups excluding carboxylic acids is 2. The predicted molar refractivity (Wildman–Crippen MR) is 113 cm³/mol. The Labute approximate surface area is 170 Å². The molecule has 0 aliphatic rings. The van der Waals surface area contributed by atoms with E-state index in [9.17, 15) is 9.59 Å². The van der Waals surface area contributed by atoms with Crippen LogP contribution in [0.2, 0.25) is 0 Å². The molecule has 2 amide bonds. The lowest BCUT2D eigenvalue weighted by Gasteiger charge is -2.13. The van der Waals surface area contributed by atoms with Gasteiger partial charge in [0.25, 0.3) is 5.91 Å². The van der Waals surface area contributed by atoms with E-state index in [2.05, 4.69) is 10.6 Å². The standard InChI is InChI=1S/C23H27N3O3/c1-14-9-15(2)22(16(3)10-14)25-21(27)12-24-23(28)20-11-17(4)26(18(20)5)13-19-7-6-8-29-19/h6-11H,12-13H2,1-5H3,(H,24,28)(H,25,27). The molecule has 0 unspecified atom stereocenters. The lowest BCUT2D eigenvalue weighted by molar-refractivity contribution is -0.115. The van der Waals surface area contributed by atoms with E-state index in [0.717, 1.165) is 39.5 Å². The molecule has 0 atom stereocenters. The van der Waals surface area contributed by atoms with Crippen molar-refractivity contribution in [2.24, 2.45) is 0 Å². The Morgan fingerprint density at radius 2 is 1.72 bits per heavy atom. The summed E-state index contributed by atoms with van der Waals surface area (Å²) >= 11 is 0. The first kappa shape index (κ1) is 20.5. The molecule has 0 saturated heterocycles. The van der Waals surface area contributed by atoms with Crippen LogP contribution in [0, 0.1) is 34.6 Å². The van der Waals surface area contributed by atoms with Crippen molar-refractivity contribution in [2.45, 2.75) is 41.2 Å². The van der Waals surface area contributed by atoms with Gasteiger partial charge >= 0.3 is 0 Å². The Bertz CT molecular complexity index is 1020. The molecule has 1 aromatic carbocycles. The van der Waals surface area contributed by atoms with Crippen LogP contribution in [0.4, 0.5) is 5.69 Å². The number of nitrogens with one attached hydrogen (secondary N) is 2. The minimum atomic E-state index is -0.267. The van der Waals surface area contributed by atoms with Crippen molar-refractivity contribution in [3.63, 3.8) is 0 Å². The number of amides is 2. The van der Waals surface area contributed by atoms with Gasteiger partial charge in [-0.05, 0) is 63.9 Å². The number of aromatic nitrogens is 1. The van der Waals surface area contributed by atoms with E-state index in [1.165, 1.54) is 0 Å². The second-order valence-corrected chi connectivity index (χ2v) is 7.45. The Morgan fingerprint density at radius 3 is 2.34 bits per heavy atom. The van der Waals surface area contributed by atoms with Crippen molar-refractivity contribution in [1.82, 2.24) is 9.88 Å². The van der Waals surface area contributed by atoms with Crippen molar-refractivity contribution < 1.29 is 14.0 Å². The molecule has 0 bridgehead atoms. The fourth-order valence-corrected chi connectivity index (χ4v) is 3.65. The van der Waals surface area contributed by atoms with Crippen molar-refractivity contribution in [1.29, 1.82) is 0 Å². The zero-order chi connectivity index (χ0) is 21.1. The molecule has 2 heterocycles. The number of rotatable bonds is 6. The van der Waals surface area contributed by atoms with E-state index in [-0.39, 0.29) is 18.4 Å². The summed E-state index contributed by atoms with van der Waals surface area (Å²) in [5.41, 5.74) is 6.31. The molecule has 2 N–H and O–H groups in total. The van der Waals surface area contributed by atoms with Crippen LogP contribution in [0.3, 0.4) is 0 Å². The van der Waals surface area contributed by atoms with Crippen LogP contribution >= 0.6 is 0 Å². The van der Waals surface area contributed by atoms with Gasteiger partial charge in [-0.25, -0.2) is 0 Å². The van der Waals surface area contributed by atoms with Crippen molar-refractivity contribution in [3.05, 3.63) is 76.0 Å². The van der Waals surface area contributed by atoms with Crippen LogP contribution in [0.25, 0.3) is 0 Å². The van der Waals surface area contributed by atoms with Crippen LogP contribution in [0.1, 0.15) is 44.2 Å². The second-order valence-electron chi connectivity index (χ2n) is 7.45. The smallest absolute Gasteiger partial charge is 0.253 e. The van der Waals surface area contributed by atoms with Gasteiger partial charge in [-0.2, -0.15) is 0 Å². The Kier molecular flexibility index (Phi) is 5.92. The summed E-state index contributed by atoms with van der Waals surface area (Å²) < 4.78 is 7.43. The maximum atomic E-state index is 12.6. The molecule has 0 spiro atoms. The van der Waals surface area contributed by atoms with Crippen LogP contribution in [0.5, 0.6) is 0 Å². The first-order valence-electron chi connectivity index (χ1n) is 9.61. The lowest BCUT2D eigenvalue weighted by atomic mass is 10.1. The van der Waals surface area contributed by atoms with Gasteiger partial charge in [-0.15, -0.1) is 0 Å². The summed E-state index contributed by atoms with van der Waals surface area (Å²) in [6.07, 6.45) is 1.63. The lowest BCUT2D eigenvalue weighted by Crippen LogP contribution is -2.33. The molecule has 0 fully saturated rings. The molecule has 0 radical (unpaired) electrons. The highest BCUT2D eigenvalue weighted by molar-refractivity contribution is 6.00. The highest BCUT2D eigenvalue weighted by Crippen LogP contribution is 2.22. The van der Waals surface area contributed by atoms with E-state index in [1.54, 1.807) is 6.26 Å². The largest absolute Gasteiger partial charge is 0.467 e. The SMILES string of the molecule is Cc1cc(C)c(NC(=O)CNC(=O)c2cc(C)n(Cc3ccco3)c2C)c(C)c1.